The maximum absolute atomic E-state index is 10.4. The van der Waals surface area contributed by atoms with Crippen molar-refractivity contribution in [2.24, 2.45) is 5.92 Å². The standard InChI is InChI=1S/C8H14O3/c1-6(4-9)7-5-10-8(2,3)11-7/h4,6-7H,5H2,1-3H3/t6?,7-/m1/s1. The minimum absolute atomic E-state index is 0.0671. The number of hydrogen-bond acceptors (Lipinski definition) is 3. The fourth-order valence-corrected chi connectivity index (χ4v) is 1.06. The van der Waals surface area contributed by atoms with E-state index in [1.54, 1.807) is 0 Å². The van der Waals surface area contributed by atoms with E-state index in [0.717, 1.165) is 6.29 Å². The monoisotopic (exact) mass is 158 g/mol. The highest BCUT2D eigenvalue weighted by Crippen LogP contribution is 2.25. The molecule has 1 unspecified atom stereocenters. The van der Waals surface area contributed by atoms with Crippen LogP contribution in [0.2, 0.25) is 0 Å². The van der Waals surface area contributed by atoms with E-state index in [-0.39, 0.29) is 12.0 Å². The summed E-state index contributed by atoms with van der Waals surface area (Å²) in [7, 11) is 0. The van der Waals surface area contributed by atoms with Crippen molar-refractivity contribution in [3.63, 3.8) is 0 Å². The summed E-state index contributed by atoms with van der Waals surface area (Å²) in [4.78, 5) is 10.4. The molecule has 0 saturated carbocycles. The van der Waals surface area contributed by atoms with Crippen molar-refractivity contribution in [2.45, 2.75) is 32.7 Å². The highest BCUT2D eigenvalue weighted by molar-refractivity contribution is 5.53. The van der Waals surface area contributed by atoms with Crippen LogP contribution in [-0.4, -0.2) is 24.8 Å². The lowest BCUT2D eigenvalue weighted by Crippen LogP contribution is -2.25. The second kappa shape index (κ2) is 2.91. The van der Waals surface area contributed by atoms with Crippen LogP contribution in [0.15, 0.2) is 0 Å². The number of carbonyl (C=O) groups is 1. The topological polar surface area (TPSA) is 35.5 Å². The second-order valence-corrected chi connectivity index (χ2v) is 3.36. The summed E-state index contributed by atoms with van der Waals surface area (Å²) in [5.41, 5.74) is 0. The van der Waals surface area contributed by atoms with Crippen molar-refractivity contribution in [1.29, 1.82) is 0 Å². The molecule has 0 aromatic carbocycles. The van der Waals surface area contributed by atoms with Crippen molar-refractivity contribution < 1.29 is 14.3 Å². The molecule has 1 aliphatic heterocycles. The van der Waals surface area contributed by atoms with Gasteiger partial charge in [0.15, 0.2) is 5.79 Å². The lowest BCUT2D eigenvalue weighted by Gasteiger charge is -2.18. The van der Waals surface area contributed by atoms with Crippen molar-refractivity contribution in [1.82, 2.24) is 0 Å². The first-order valence-electron chi connectivity index (χ1n) is 3.82. The van der Waals surface area contributed by atoms with E-state index in [9.17, 15) is 4.79 Å². The summed E-state index contributed by atoms with van der Waals surface area (Å²) in [5, 5.41) is 0. The van der Waals surface area contributed by atoms with Gasteiger partial charge in [-0.15, -0.1) is 0 Å². The van der Waals surface area contributed by atoms with Crippen LogP contribution in [0.25, 0.3) is 0 Å². The molecule has 11 heavy (non-hydrogen) atoms. The zero-order valence-corrected chi connectivity index (χ0v) is 7.16. The Labute approximate surface area is 66.7 Å². The van der Waals surface area contributed by atoms with Crippen molar-refractivity contribution in [3.05, 3.63) is 0 Å². The van der Waals surface area contributed by atoms with Gasteiger partial charge in [-0.2, -0.15) is 0 Å². The molecule has 2 atom stereocenters. The molecular weight excluding hydrogens is 144 g/mol. The first kappa shape index (κ1) is 8.68. The summed E-state index contributed by atoms with van der Waals surface area (Å²) in [6.07, 6.45) is 0.831. The van der Waals surface area contributed by atoms with Gasteiger partial charge in [0.25, 0.3) is 0 Å². The van der Waals surface area contributed by atoms with E-state index in [2.05, 4.69) is 0 Å². The van der Waals surface area contributed by atoms with Crippen LogP contribution in [0.5, 0.6) is 0 Å². The predicted octanol–water partition coefficient (Wildman–Crippen LogP) is 0.973. The Morgan fingerprint density at radius 3 is 2.64 bits per heavy atom. The van der Waals surface area contributed by atoms with Gasteiger partial charge in [0, 0.05) is 5.92 Å². The quantitative estimate of drug-likeness (QED) is 0.562. The van der Waals surface area contributed by atoms with Crippen LogP contribution in [0.1, 0.15) is 20.8 Å². The first-order valence-corrected chi connectivity index (χ1v) is 3.82. The molecule has 0 amide bonds. The Hall–Kier alpha value is -0.410. The third kappa shape index (κ3) is 2.01. The van der Waals surface area contributed by atoms with Gasteiger partial charge in [0.05, 0.1) is 12.7 Å². The highest BCUT2D eigenvalue weighted by Gasteiger charge is 2.35. The zero-order chi connectivity index (χ0) is 8.48. The van der Waals surface area contributed by atoms with Gasteiger partial charge < -0.3 is 14.3 Å². The summed E-state index contributed by atoms with van der Waals surface area (Å²) in [6.45, 7) is 6.06. The Morgan fingerprint density at radius 1 is 1.64 bits per heavy atom. The molecule has 1 aliphatic rings. The highest BCUT2D eigenvalue weighted by atomic mass is 16.7. The van der Waals surface area contributed by atoms with Crippen LogP contribution in [0, 0.1) is 5.92 Å². The molecule has 0 radical (unpaired) electrons. The van der Waals surface area contributed by atoms with Gasteiger partial charge in [-0.25, -0.2) is 0 Å². The normalized spacial score (nSPS) is 31.7. The lowest BCUT2D eigenvalue weighted by atomic mass is 10.1. The molecule has 1 heterocycles. The Bertz CT molecular complexity index is 153. The van der Waals surface area contributed by atoms with E-state index in [4.69, 9.17) is 9.47 Å². The van der Waals surface area contributed by atoms with Crippen molar-refractivity contribution in [3.8, 4) is 0 Å². The minimum atomic E-state index is -0.512. The van der Waals surface area contributed by atoms with E-state index in [0.29, 0.717) is 6.61 Å². The van der Waals surface area contributed by atoms with E-state index in [1.807, 2.05) is 20.8 Å². The fourth-order valence-electron chi connectivity index (χ4n) is 1.06. The van der Waals surface area contributed by atoms with Gasteiger partial charge in [-0.3, -0.25) is 0 Å². The molecule has 64 valence electrons. The summed E-state index contributed by atoms with van der Waals surface area (Å²) < 4.78 is 10.7. The molecule has 0 aliphatic carbocycles. The SMILES string of the molecule is CC(C=O)[C@H]1COC(C)(C)O1. The van der Waals surface area contributed by atoms with Gasteiger partial charge >= 0.3 is 0 Å². The molecule has 3 heteroatoms. The molecule has 1 rings (SSSR count). The maximum Gasteiger partial charge on any atom is 0.163 e. The van der Waals surface area contributed by atoms with Crippen LogP contribution in [-0.2, 0) is 14.3 Å². The summed E-state index contributed by atoms with van der Waals surface area (Å²) in [6, 6.07) is 0. The fraction of sp³-hybridized carbons (Fsp3) is 0.875. The molecule has 0 aromatic heterocycles. The van der Waals surface area contributed by atoms with Crippen molar-refractivity contribution in [2.75, 3.05) is 6.61 Å². The maximum atomic E-state index is 10.4. The molecule has 1 fully saturated rings. The molecule has 3 nitrogen and oxygen atoms in total. The summed E-state index contributed by atoms with van der Waals surface area (Å²) >= 11 is 0. The molecular formula is C8H14O3. The first-order chi connectivity index (χ1) is 5.05. The van der Waals surface area contributed by atoms with Crippen LogP contribution >= 0.6 is 0 Å². The van der Waals surface area contributed by atoms with Crippen LogP contribution in [0.3, 0.4) is 0 Å². The smallest absolute Gasteiger partial charge is 0.163 e. The molecule has 0 spiro atoms. The largest absolute Gasteiger partial charge is 0.348 e. The number of rotatable bonds is 2. The Kier molecular flexibility index (Phi) is 2.30. The third-order valence-electron chi connectivity index (χ3n) is 1.83. The van der Waals surface area contributed by atoms with Gasteiger partial charge in [0.2, 0.25) is 0 Å². The predicted molar refractivity (Wildman–Crippen MR) is 40.1 cm³/mol. The molecule has 0 bridgehead atoms. The average molecular weight is 158 g/mol. The molecule has 0 N–H and O–H groups in total. The second-order valence-electron chi connectivity index (χ2n) is 3.36. The minimum Gasteiger partial charge on any atom is -0.348 e. The Balaban J connectivity index is 2.47. The van der Waals surface area contributed by atoms with Gasteiger partial charge in [-0.1, -0.05) is 6.92 Å². The molecule has 0 aromatic rings. The zero-order valence-electron chi connectivity index (χ0n) is 7.16. The van der Waals surface area contributed by atoms with Crippen LogP contribution < -0.4 is 0 Å². The third-order valence-corrected chi connectivity index (χ3v) is 1.83. The van der Waals surface area contributed by atoms with Gasteiger partial charge in [-0.05, 0) is 13.8 Å². The average Bonchev–Trinajstić information content (AvgIpc) is 2.29. The Morgan fingerprint density at radius 2 is 2.27 bits per heavy atom. The molecule has 1 saturated heterocycles. The summed E-state index contributed by atoms with van der Waals surface area (Å²) in [5.74, 6) is -0.584. The lowest BCUT2D eigenvalue weighted by molar-refractivity contribution is -0.145. The number of carbonyl (C=O) groups excluding carboxylic acids is 1. The number of ether oxygens (including phenoxy) is 2. The van der Waals surface area contributed by atoms with Gasteiger partial charge in [0.1, 0.15) is 6.29 Å². The van der Waals surface area contributed by atoms with E-state index in [1.165, 1.54) is 0 Å². The number of aldehydes is 1. The van der Waals surface area contributed by atoms with E-state index < -0.39 is 5.79 Å². The van der Waals surface area contributed by atoms with Crippen molar-refractivity contribution >= 4 is 6.29 Å². The van der Waals surface area contributed by atoms with E-state index >= 15 is 0 Å². The van der Waals surface area contributed by atoms with Crippen LogP contribution in [0.4, 0.5) is 0 Å². The number of hydrogen-bond donors (Lipinski definition) is 0.